The number of rotatable bonds is 6. The Morgan fingerprint density at radius 3 is 2.54 bits per heavy atom. The number of hydrogen-bond donors (Lipinski definition) is 2. The predicted molar refractivity (Wildman–Crippen MR) is 97.4 cm³/mol. The zero-order valence-corrected chi connectivity index (χ0v) is 15.4. The van der Waals surface area contributed by atoms with Gasteiger partial charge in [0.05, 0.1) is 12.5 Å². The first kappa shape index (κ1) is 18.2. The highest BCUT2D eigenvalue weighted by molar-refractivity contribution is 5.66. The molecule has 0 amide bonds. The highest BCUT2D eigenvalue weighted by Gasteiger charge is 2.28. The maximum Gasteiger partial charge on any atom is 0.304 e. The number of aromatic nitrogens is 4. The largest absolute Gasteiger partial charge is 0.481 e. The zero-order valence-electron chi connectivity index (χ0n) is 15.4. The second-order valence-corrected chi connectivity index (χ2v) is 6.69. The van der Waals surface area contributed by atoms with Crippen molar-refractivity contribution in [3.05, 3.63) is 35.0 Å². The Bertz CT molecular complexity index is 790. The Hall–Kier alpha value is -2.61. The van der Waals surface area contributed by atoms with E-state index in [-0.39, 0.29) is 12.5 Å². The quantitative estimate of drug-likeness (QED) is 0.814. The molecule has 0 bridgehead atoms. The fraction of sp³-hybridized carbons (Fsp3) is 0.500. The van der Waals surface area contributed by atoms with E-state index in [0.717, 1.165) is 42.3 Å². The van der Waals surface area contributed by atoms with E-state index in [1.54, 1.807) is 0 Å². The molecule has 8 heteroatoms. The van der Waals surface area contributed by atoms with Crippen LogP contribution in [-0.2, 0) is 4.79 Å². The van der Waals surface area contributed by atoms with Crippen LogP contribution in [-0.4, -0.2) is 49.0 Å². The van der Waals surface area contributed by atoms with Crippen molar-refractivity contribution >= 4 is 17.7 Å². The molecule has 26 heavy (non-hydrogen) atoms. The van der Waals surface area contributed by atoms with E-state index in [0.29, 0.717) is 18.3 Å². The third kappa shape index (κ3) is 4.51. The Kier molecular flexibility index (Phi) is 5.41. The fourth-order valence-electron chi connectivity index (χ4n) is 3.33. The Balaban J connectivity index is 1.81. The molecule has 1 atom stereocenters. The molecular weight excluding hydrogens is 332 g/mol. The SMILES string of the molecule is Cc1cc(C)nc(Nc2cc(C)nc([C@@H]3CCCN3CCC(=O)O)n2)n1. The minimum atomic E-state index is -0.782. The number of aliphatic carboxylic acids is 1. The van der Waals surface area contributed by atoms with E-state index in [4.69, 9.17) is 5.11 Å². The molecular formula is C18H24N6O2. The molecule has 3 rings (SSSR count). The monoisotopic (exact) mass is 356 g/mol. The summed E-state index contributed by atoms with van der Waals surface area (Å²) in [7, 11) is 0. The van der Waals surface area contributed by atoms with Crippen LogP contribution in [0.5, 0.6) is 0 Å². The molecule has 8 nitrogen and oxygen atoms in total. The van der Waals surface area contributed by atoms with Crippen LogP contribution in [0.15, 0.2) is 12.1 Å². The van der Waals surface area contributed by atoms with Crippen molar-refractivity contribution in [2.45, 2.75) is 46.1 Å². The molecule has 2 N–H and O–H groups in total. The van der Waals surface area contributed by atoms with Crippen LogP contribution in [0.25, 0.3) is 0 Å². The van der Waals surface area contributed by atoms with Crippen molar-refractivity contribution in [1.82, 2.24) is 24.8 Å². The van der Waals surface area contributed by atoms with Crippen molar-refractivity contribution < 1.29 is 9.90 Å². The Labute approximate surface area is 152 Å². The smallest absolute Gasteiger partial charge is 0.304 e. The van der Waals surface area contributed by atoms with Gasteiger partial charge in [0.1, 0.15) is 11.6 Å². The average molecular weight is 356 g/mol. The van der Waals surface area contributed by atoms with Gasteiger partial charge in [0.15, 0.2) is 0 Å². The van der Waals surface area contributed by atoms with Gasteiger partial charge in [0, 0.05) is 29.7 Å². The number of carbonyl (C=O) groups is 1. The van der Waals surface area contributed by atoms with E-state index in [1.807, 2.05) is 32.9 Å². The van der Waals surface area contributed by atoms with Gasteiger partial charge in [0.2, 0.25) is 5.95 Å². The number of nitrogens with one attached hydrogen (secondary N) is 1. The van der Waals surface area contributed by atoms with Crippen LogP contribution in [0.4, 0.5) is 11.8 Å². The van der Waals surface area contributed by atoms with Gasteiger partial charge in [0.25, 0.3) is 0 Å². The zero-order chi connectivity index (χ0) is 18.7. The first-order valence-corrected chi connectivity index (χ1v) is 8.81. The molecule has 1 saturated heterocycles. The maximum atomic E-state index is 10.9. The summed E-state index contributed by atoms with van der Waals surface area (Å²) >= 11 is 0. The van der Waals surface area contributed by atoms with Crippen molar-refractivity contribution in [1.29, 1.82) is 0 Å². The second kappa shape index (κ2) is 7.74. The molecule has 1 aliphatic rings. The van der Waals surface area contributed by atoms with Gasteiger partial charge in [-0.1, -0.05) is 0 Å². The highest BCUT2D eigenvalue weighted by atomic mass is 16.4. The summed E-state index contributed by atoms with van der Waals surface area (Å²) in [5.74, 6) is 1.11. The summed E-state index contributed by atoms with van der Waals surface area (Å²) in [6.07, 6.45) is 2.08. The van der Waals surface area contributed by atoms with Crippen LogP contribution in [0.1, 0.15) is 48.2 Å². The number of carboxylic acid groups (broad SMARTS) is 1. The van der Waals surface area contributed by atoms with Crippen LogP contribution >= 0.6 is 0 Å². The summed E-state index contributed by atoms with van der Waals surface area (Å²) in [4.78, 5) is 31.1. The normalized spacial score (nSPS) is 17.4. The van der Waals surface area contributed by atoms with Crippen LogP contribution < -0.4 is 5.32 Å². The number of hydrogen-bond acceptors (Lipinski definition) is 7. The first-order valence-electron chi connectivity index (χ1n) is 8.81. The fourth-order valence-corrected chi connectivity index (χ4v) is 3.33. The number of carboxylic acids is 1. The molecule has 2 aromatic rings. The highest BCUT2D eigenvalue weighted by Crippen LogP contribution is 2.30. The number of aryl methyl sites for hydroxylation is 3. The summed E-state index contributed by atoms with van der Waals surface area (Å²) in [6.45, 7) is 7.17. The number of nitrogens with zero attached hydrogens (tertiary/aromatic N) is 5. The molecule has 3 heterocycles. The molecule has 2 aromatic heterocycles. The maximum absolute atomic E-state index is 10.9. The van der Waals surface area contributed by atoms with E-state index in [1.165, 1.54) is 0 Å². The van der Waals surface area contributed by atoms with Crippen molar-refractivity contribution in [3.63, 3.8) is 0 Å². The summed E-state index contributed by atoms with van der Waals surface area (Å²) < 4.78 is 0. The minimum absolute atomic E-state index is 0.0509. The third-order valence-corrected chi connectivity index (χ3v) is 4.37. The van der Waals surface area contributed by atoms with Crippen LogP contribution in [0.3, 0.4) is 0 Å². The summed E-state index contributed by atoms with van der Waals surface area (Å²) in [6, 6.07) is 3.83. The minimum Gasteiger partial charge on any atom is -0.481 e. The second-order valence-electron chi connectivity index (χ2n) is 6.69. The molecule has 0 radical (unpaired) electrons. The lowest BCUT2D eigenvalue weighted by atomic mass is 10.2. The molecule has 0 aromatic carbocycles. The molecule has 1 aliphatic heterocycles. The van der Waals surface area contributed by atoms with Gasteiger partial charge < -0.3 is 10.4 Å². The van der Waals surface area contributed by atoms with Gasteiger partial charge >= 0.3 is 5.97 Å². The summed E-state index contributed by atoms with van der Waals surface area (Å²) in [5.41, 5.74) is 2.63. The average Bonchev–Trinajstić information content (AvgIpc) is 2.99. The van der Waals surface area contributed by atoms with E-state index in [9.17, 15) is 4.79 Å². The molecule has 0 spiro atoms. The van der Waals surface area contributed by atoms with E-state index >= 15 is 0 Å². The summed E-state index contributed by atoms with van der Waals surface area (Å²) in [5, 5.41) is 12.1. The van der Waals surface area contributed by atoms with Crippen molar-refractivity contribution in [2.24, 2.45) is 0 Å². The van der Waals surface area contributed by atoms with Crippen molar-refractivity contribution in [2.75, 3.05) is 18.4 Å². The first-order chi connectivity index (χ1) is 12.4. The standard InChI is InChI=1S/C18H24N6O2/c1-11-9-12(2)21-18(20-11)23-15-10-13(3)19-17(22-15)14-5-4-7-24(14)8-6-16(25)26/h9-10,14H,4-8H2,1-3H3,(H,25,26)(H,19,20,21,22,23)/t14-/m0/s1. The third-order valence-electron chi connectivity index (χ3n) is 4.37. The van der Waals surface area contributed by atoms with Gasteiger partial charge in [-0.3, -0.25) is 9.69 Å². The van der Waals surface area contributed by atoms with Gasteiger partial charge in [-0.25, -0.2) is 19.9 Å². The van der Waals surface area contributed by atoms with Gasteiger partial charge in [-0.15, -0.1) is 0 Å². The Morgan fingerprint density at radius 1 is 1.15 bits per heavy atom. The lowest BCUT2D eigenvalue weighted by Crippen LogP contribution is -2.27. The van der Waals surface area contributed by atoms with Crippen LogP contribution in [0.2, 0.25) is 0 Å². The molecule has 0 aliphatic carbocycles. The molecule has 0 unspecified atom stereocenters. The topological polar surface area (TPSA) is 104 Å². The van der Waals surface area contributed by atoms with Gasteiger partial charge in [-0.2, -0.15) is 0 Å². The van der Waals surface area contributed by atoms with E-state index in [2.05, 4.69) is 30.2 Å². The van der Waals surface area contributed by atoms with Crippen LogP contribution in [0, 0.1) is 20.8 Å². The van der Waals surface area contributed by atoms with E-state index < -0.39 is 5.97 Å². The number of likely N-dealkylation sites (tertiary alicyclic amines) is 1. The molecule has 1 fully saturated rings. The van der Waals surface area contributed by atoms with Gasteiger partial charge in [-0.05, 0) is 46.2 Å². The lowest BCUT2D eigenvalue weighted by molar-refractivity contribution is -0.137. The predicted octanol–water partition coefficient (Wildman–Crippen LogP) is 2.55. The van der Waals surface area contributed by atoms with Crippen molar-refractivity contribution in [3.8, 4) is 0 Å². The lowest BCUT2D eigenvalue weighted by Gasteiger charge is -2.23. The molecule has 0 saturated carbocycles. The molecule has 138 valence electrons. The Morgan fingerprint density at radius 2 is 1.85 bits per heavy atom. The number of anilines is 2.